The van der Waals surface area contributed by atoms with Crippen molar-refractivity contribution in [1.29, 1.82) is 0 Å². The standard InChI is InChI=1S/C22H25FN4O4/c1-4-5-11-29-18-17(24-21-22(2,3)30-12-10-27(21)20(18)28)19-26-25-16(31-19)13-14-6-8-15(23)9-7-14/h6-9H,4-5,10-13H2,1-3H3. The molecule has 3 heterocycles. The molecule has 0 saturated heterocycles. The summed E-state index contributed by atoms with van der Waals surface area (Å²) in [7, 11) is 0. The Bertz CT molecular complexity index is 1120. The summed E-state index contributed by atoms with van der Waals surface area (Å²) >= 11 is 0. The maximum atomic E-state index is 13.2. The molecule has 0 fully saturated rings. The molecule has 9 heteroatoms. The van der Waals surface area contributed by atoms with Crippen molar-refractivity contribution < 1.29 is 18.3 Å². The van der Waals surface area contributed by atoms with E-state index in [1.165, 1.54) is 12.1 Å². The molecule has 1 aromatic carbocycles. The Morgan fingerprint density at radius 3 is 2.74 bits per heavy atom. The van der Waals surface area contributed by atoms with Crippen LogP contribution in [0.2, 0.25) is 0 Å². The van der Waals surface area contributed by atoms with Gasteiger partial charge in [-0.05, 0) is 38.0 Å². The number of rotatable bonds is 7. The molecule has 2 aromatic heterocycles. The highest BCUT2D eigenvalue weighted by molar-refractivity contribution is 5.56. The first-order valence-electron chi connectivity index (χ1n) is 10.4. The second-order valence-corrected chi connectivity index (χ2v) is 7.93. The van der Waals surface area contributed by atoms with Gasteiger partial charge in [0, 0.05) is 0 Å². The predicted molar refractivity (Wildman–Crippen MR) is 110 cm³/mol. The van der Waals surface area contributed by atoms with Gasteiger partial charge in [-0.1, -0.05) is 25.5 Å². The summed E-state index contributed by atoms with van der Waals surface area (Å²) in [5, 5.41) is 8.18. The van der Waals surface area contributed by atoms with E-state index in [0.29, 0.717) is 37.9 Å². The second-order valence-electron chi connectivity index (χ2n) is 7.93. The molecular weight excluding hydrogens is 403 g/mol. The van der Waals surface area contributed by atoms with Crippen LogP contribution in [0.25, 0.3) is 11.6 Å². The van der Waals surface area contributed by atoms with Crippen molar-refractivity contribution in [2.45, 2.75) is 52.2 Å². The van der Waals surface area contributed by atoms with Crippen LogP contribution in [0.4, 0.5) is 4.39 Å². The van der Waals surface area contributed by atoms with E-state index in [9.17, 15) is 9.18 Å². The molecule has 0 unspecified atom stereocenters. The first-order valence-corrected chi connectivity index (χ1v) is 10.4. The fourth-order valence-electron chi connectivity index (χ4n) is 3.45. The average Bonchev–Trinajstić information content (AvgIpc) is 3.20. The summed E-state index contributed by atoms with van der Waals surface area (Å²) in [4.78, 5) is 17.9. The quantitative estimate of drug-likeness (QED) is 0.532. The van der Waals surface area contributed by atoms with Crippen LogP contribution in [0.3, 0.4) is 0 Å². The molecule has 3 aromatic rings. The monoisotopic (exact) mass is 428 g/mol. The van der Waals surface area contributed by atoms with Crippen molar-refractivity contribution in [1.82, 2.24) is 19.7 Å². The van der Waals surface area contributed by atoms with E-state index in [2.05, 4.69) is 15.2 Å². The summed E-state index contributed by atoms with van der Waals surface area (Å²) in [6, 6.07) is 6.06. The molecule has 1 aliphatic rings. The number of fused-ring (bicyclic) bond motifs is 1. The van der Waals surface area contributed by atoms with Gasteiger partial charge in [-0.25, -0.2) is 9.37 Å². The molecule has 0 amide bonds. The van der Waals surface area contributed by atoms with E-state index < -0.39 is 5.60 Å². The van der Waals surface area contributed by atoms with Gasteiger partial charge in [0.25, 0.3) is 11.4 Å². The molecule has 1 aliphatic heterocycles. The van der Waals surface area contributed by atoms with Gasteiger partial charge in [0.1, 0.15) is 17.2 Å². The SMILES string of the molecule is CCCCOc1c(-c2nnc(Cc3ccc(F)cc3)o2)nc2n(c1=O)CCOC2(C)C. The van der Waals surface area contributed by atoms with Crippen molar-refractivity contribution in [2.24, 2.45) is 0 Å². The molecule has 164 valence electrons. The lowest BCUT2D eigenvalue weighted by Crippen LogP contribution is -2.41. The van der Waals surface area contributed by atoms with E-state index in [1.54, 1.807) is 16.7 Å². The highest BCUT2D eigenvalue weighted by atomic mass is 19.1. The Hall–Kier alpha value is -3.07. The molecule has 4 rings (SSSR count). The largest absolute Gasteiger partial charge is 0.486 e. The number of hydrogen-bond acceptors (Lipinski definition) is 7. The number of aromatic nitrogens is 4. The summed E-state index contributed by atoms with van der Waals surface area (Å²) in [5.41, 5.74) is 0.00371. The van der Waals surface area contributed by atoms with E-state index in [-0.39, 0.29) is 28.7 Å². The zero-order valence-electron chi connectivity index (χ0n) is 17.9. The van der Waals surface area contributed by atoms with Crippen LogP contribution >= 0.6 is 0 Å². The molecule has 0 saturated carbocycles. The average molecular weight is 428 g/mol. The van der Waals surface area contributed by atoms with E-state index in [0.717, 1.165) is 18.4 Å². The van der Waals surface area contributed by atoms with Crippen molar-refractivity contribution >= 4 is 0 Å². The van der Waals surface area contributed by atoms with Crippen LogP contribution in [0.1, 0.15) is 50.9 Å². The Kier molecular flexibility index (Phi) is 5.86. The predicted octanol–water partition coefficient (Wildman–Crippen LogP) is 3.47. The number of halogens is 1. The molecule has 8 nitrogen and oxygen atoms in total. The maximum absolute atomic E-state index is 13.2. The zero-order chi connectivity index (χ0) is 22.0. The minimum Gasteiger partial charge on any atom is -0.486 e. The highest BCUT2D eigenvalue weighted by Gasteiger charge is 2.34. The van der Waals surface area contributed by atoms with Crippen LogP contribution in [0.15, 0.2) is 33.5 Å². The molecule has 0 aliphatic carbocycles. The van der Waals surface area contributed by atoms with Gasteiger partial charge >= 0.3 is 0 Å². The number of nitrogens with zero attached hydrogens (tertiary/aromatic N) is 4. The Morgan fingerprint density at radius 1 is 1.23 bits per heavy atom. The summed E-state index contributed by atoms with van der Waals surface area (Å²) in [6.45, 7) is 6.96. The molecule has 0 radical (unpaired) electrons. The molecular formula is C22H25FN4O4. The van der Waals surface area contributed by atoms with Gasteiger partial charge in [-0.2, -0.15) is 0 Å². The van der Waals surface area contributed by atoms with Crippen molar-refractivity contribution in [3.8, 4) is 17.3 Å². The second kappa shape index (κ2) is 8.58. The van der Waals surface area contributed by atoms with Crippen LogP contribution in [0.5, 0.6) is 5.75 Å². The normalized spacial score (nSPS) is 15.0. The highest BCUT2D eigenvalue weighted by Crippen LogP contribution is 2.31. The van der Waals surface area contributed by atoms with Gasteiger partial charge in [-0.15, -0.1) is 10.2 Å². The van der Waals surface area contributed by atoms with E-state index in [1.807, 2.05) is 20.8 Å². The number of benzene rings is 1. The van der Waals surface area contributed by atoms with Crippen molar-refractivity contribution in [3.63, 3.8) is 0 Å². The first kappa shape index (κ1) is 21.2. The molecule has 0 spiro atoms. The lowest BCUT2D eigenvalue weighted by atomic mass is 10.1. The van der Waals surface area contributed by atoms with Gasteiger partial charge in [0.15, 0.2) is 5.69 Å². The van der Waals surface area contributed by atoms with Crippen LogP contribution in [-0.4, -0.2) is 33.0 Å². The molecule has 0 N–H and O–H groups in total. The van der Waals surface area contributed by atoms with Crippen LogP contribution < -0.4 is 10.3 Å². The lowest BCUT2D eigenvalue weighted by molar-refractivity contribution is -0.0565. The van der Waals surface area contributed by atoms with E-state index >= 15 is 0 Å². The Balaban J connectivity index is 1.74. The van der Waals surface area contributed by atoms with Gasteiger partial charge in [0.2, 0.25) is 11.6 Å². The first-order chi connectivity index (χ1) is 14.9. The summed E-state index contributed by atoms with van der Waals surface area (Å²) in [5.74, 6) is 0.709. The van der Waals surface area contributed by atoms with Crippen LogP contribution in [0, 0.1) is 5.82 Å². The smallest absolute Gasteiger partial charge is 0.296 e. The molecule has 0 bridgehead atoms. The van der Waals surface area contributed by atoms with Gasteiger partial charge in [0.05, 0.1) is 26.2 Å². The summed E-state index contributed by atoms with van der Waals surface area (Å²) < 4.78 is 32.2. The third-order valence-electron chi connectivity index (χ3n) is 5.13. The van der Waals surface area contributed by atoms with E-state index in [4.69, 9.17) is 13.9 Å². The maximum Gasteiger partial charge on any atom is 0.296 e. The third kappa shape index (κ3) is 4.36. The van der Waals surface area contributed by atoms with Crippen LogP contribution in [-0.2, 0) is 23.3 Å². The van der Waals surface area contributed by atoms with Crippen molar-refractivity contribution in [3.05, 3.63) is 57.7 Å². The Morgan fingerprint density at radius 2 is 2.00 bits per heavy atom. The third-order valence-corrected chi connectivity index (χ3v) is 5.13. The zero-order valence-corrected chi connectivity index (χ0v) is 17.9. The fraction of sp³-hybridized carbons (Fsp3) is 0.455. The molecule has 0 atom stereocenters. The fourth-order valence-corrected chi connectivity index (χ4v) is 3.45. The minimum atomic E-state index is -0.745. The number of unbranched alkanes of at least 4 members (excludes halogenated alkanes) is 1. The van der Waals surface area contributed by atoms with Gasteiger partial charge < -0.3 is 13.9 Å². The molecule has 31 heavy (non-hydrogen) atoms. The number of ether oxygens (including phenoxy) is 2. The topological polar surface area (TPSA) is 92.3 Å². The lowest BCUT2D eigenvalue weighted by Gasteiger charge is -2.32. The minimum absolute atomic E-state index is 0.102. The number of hydrogen-bond donors (Lipinski definition) is 0. The van der Waals surface area contributed by atoms with Crippen molar-refractivity contribution in [2.75, 3.05) is 13.2 Å². The Labute approximate surface area is 179 Å². The van der Waals surface area contributed by atoms with Gasteiger partial charge in [-0.3, -0.25) is 9.36 Å². The summed E-state index contributed by atoms with van der Waals surface area (Å²) in [6.07, 6.45) is 2.06.